The second-order valence-electron chi connectivity index (χ2n) is 4.98. The van der Waals surface area contributed by atoms with Crippen molar-refractivity contribution < 1.29 is 26.3 Å². The number of aryl methyl sites for hydroxylation is 1. The number of benzene rings is 2. The number of hydrogen-bond donors (Lipinski definition) is 0. The van der Waals surface area contributed by atoms with Crippen molar-refractivity contribution in [3.8, 4) is 5.75 Å². The Morgan fingerprint density at radius 2 is 1.62 bits per heavy atom. The van der Waals surface area contributed by atoms with Crippen LogP contribution >= 0.6 is 0 Å². The summed E-state index contributed by atoms with van der Waals surface area (Å²) in [5.41, 5.74) is 1.30. The smallest absolute Gasteiger partial charge is 0.406 e. The SMILES string of the molecule is CCN(c1ccccc1C)S(=O)(=O)c1ccc(OC(F)(F)F)cc1. The fourth-order valence-electron chi connectivity index (χ4n) is 2.25. The molecule has 0 amide bonds. The molecule has 0 N–H and O–H groups in total. The number of hydrogen-bond acceptors (Lipinski definition) is 3. The fourth-order valence-corrected chi connectivity index (χ4v) is 3.79. The fraction of sp³-hybridized carbons (Fsp3) is 0.250. The molecule has 0 aliphatic heterocycles. The third-order valence-corrected chi connectivity index (χ3v) is 5.22. The molecule has 130 valence electrons. The van der Waals surface area contributed by atoms with Gasteiger partial charge in [-0.05, 0) is 49.7 Å². The van der Waals surface area contributed by atoms with Gasteiger partial charge < -0.3 is 4.74 Å². The van der Waals surface area contributed by atoms with E-state index < -0.39 is 22.1 Å². The minimum Gasteiger partial charge on any atom is -0.406 e. The molecule has 0 aromatic heterocycles. The molecule has 0 bridgehead atoms. The van der Waals surface area contributed by atoms with Gasteiger partial charge in [0.25, 0.3) is 10.0 Å². The largest absolute Gasteiger partial charge is 0.573 e. The molecule has 24 heavy (non-hydrogen) atoms. The van der Waals surface area contributed by atoms with E-state index >= 15 is 0 Å². The van der Waals surface area contributed by atoms with Gasteiger partial charge in [0, 0.05) is 6.54 Å². The van der Waals surface area contributed by atoms with Crippen molar-refractivity contribution in [2.75, 3.05) is 10.8 Å². The Balaban J connectivity index is 2.37. The molecule has 4 nitrogen and oxygen atoms in total. The van der Waals surface area contributed by atoms with Crippen molar-refractivity contribution in [3.63, 3.8) is 0 Å². The van der Waals surface area contributed by atoms with Crippen molar-refractivity contribution in [2.24, 2.45) is 0 Å². The zero-order valence-corrected chi connectivity index (χ0v) is 13.9. The van der Waals surface area contributed by atoms with E-state index in [9.17, 15) is 21.6 Å². The van der Waals surface area contributed by atoms with E-state index in [0.717, 1.165) is 29.8 Å². The number of anilines is 1. The minimum absolute atomic E-state index is 0.109. The molecule has 2 rings (SSSR count). The maximum atomic E-state index is 12.8. The molecule has 2 aromatic rings. The number of para-hydroxylation sites is 1. The number of ether oxygens (including phenoxy) is 1. The van der Waals surface area contributed by atoms with Gasteiger partial charge in [0.15, 0.2) is 0 Å². The van der Waals surface area contributed by atoms with E-state index in [0.29, 0.717) is 5.69 Å². The highest BCUT2D eigenvalue weighted by molar-refractivity contribution is 7.92. The molecule has 0 heterocycles. The van der Waals surface area contributed by atoms with Crippen LogP contribution in [0.2, 0.25) is 0 Å². The summed E-state index contributed by atoms with van der Waals surface area (Å²) in [5.74, 6) is -0.472. The molecule has 0 saturated heterocycles. The maximum absolute atomic E-state index is 12.8. The van der Waals surface area contributed by atoms with Crippen molar-refractivity contribution in [1.82, 2.24) is 0 Å². The van der Waals surface area contributed by atoms with Gasteiger partial charge in [-0.15, -0.1) is 13.2 Å². The highest BCUT2D eigenvalue weighted by atomic mass is 32.2. The van der Waals surface area contributed by atoms with Crippen LogP contribution in [0.1, 0.15) is 12.5 Å². The Morgan fingerprint density at radius 1 is 1.04 bits per heavy atom. The molecular formula is C16H16F3NO3S. The predicted octanol–water partition coefficient (Wildman–Crippen LogP) is 4.11. The number of sulfonamides is 1. The molecule has 8 heteroatoms. The van der Waals surface area contributed by atoms with Gasteiger partial charge in [-0.2, -0.15) is 0 Å². The summed E-state index contributed by atoms with van der Waals surface area (Å²) in [6, 6.07) is 11.1. The van der Waals surface area contributed by atoms with E-state index in [-0.39, 0.29) is 11.4 Å². The van der Waals surface area contributed by atoms with Gasteiger partial charge in [-0.3, -0.25) is 4.31 Å². The van der Waals surface area contributed by atoms with Crippen molar-refractivity contribution in [3.05, 3.63) is 54.1 Å². The molecule has 0 unspecified atom stereocenters. The lowest BCUT2D eigenvalue weighted by Crippen LogP contribution is -2.31. The Bertz CT molecular complexity index is 802. The average Bonchev–Trinajstić information content (AvgIpc) is 2.48. The van der Waals surface area contributed by atoms with Gasteiger partial charge in [-0.1, -0.05) is 18.2 Å². The Hall–Kier alpha value is -2.22. The van der Waals surface area contributed by atoms with Crippen LogP contribution in [0.3, 0.4) is 0 Å². The van der Waals surface area contributed by atoms with Crippen LogP contribution in [0, 0.1) is 6.92 Å². The van der Waals surface area contributed by atoms with E-state index in [4.69, 9.17) is 0 Å². The third-order valence-electron chi connectivity index (χ3n) is 3.32. The summed E-state index contributed by atoms with van der Waals surface area (Å²) < 4.78 is 67.0. The van der Waals surface area contributed by atoms with Crippen LogP contribution < -0.4 is 9.04 Å². The van der Waals surface area contributed by atoms with Crippen LogP contribution in [-0.2, 0) is 10.0 Å². The zero-order chi connectivity index (χ0) is 18.0. The number of rotatable bonds is 5. The molecule has 0 aliphatic carbocycles. The van der Waals surface area contributed by atoms with Gasteiger partial charge >= 0.3 is 6.36 Å². The van der Waals surface area contributed by atoms with Gasteiger partial charge in [-0.25, -0.2) is 8.42 Å². The summed E-state index contributed by atoms with van der Waals surface area (Å²) in [6.07, 6.45) is -4.82. The maximum Gasteiger partial charge on any atom is 0.573 e. The minimum atomic E-state index is -4.82. The van der Waals surface area contributed by atoms with Crippen molar-refractivity contribution in [2.45, 2.75) is 25.1 Å². The van der Waals surface area contributed by atoms with E-state index in [1.165, 1.54) is 4.31 Å². The highest BCUT2D eigenvalue weighted by Crippen LogP contribution is 2.28. The first-order chi connectivity index (χ1) is 11.1. The quantitative estimate of drug-likeness (QED) is 0.807. The normalized spacial score (nSPS) is 12.0. The third kappa shape index (κ3) is 4.00. The van der Waals surface area contributed by atoms with Crippen molar-refractivity contribution in [1.29, 1.82) is 0 Å². The van der Waals surface area contributed by atoms with Crippen molar-refractivity contribution >= 4 is 15.7 Å². The van der Waals surface area contributed by atoms with E-state index in [1.54, 1.807) is 38.1 Å². The Morgan fingerprint density at radius 3 is 2.12 bits per heavy atom. The molecule has 0 saturated carbocycles. The lowest BCUT2D eigenvalue weighted by atomic mass is 10.2. The molecule has 2 aromatic carbocycles. The van der Waals surface area contributed by atoms with Gasteiger partial charge in [0.1, 0.15) is 5.75 Å². The summed E-state index contributed by atoms with van der Waals surface area (Å²) in [4.78, 5) is -0.109. The zero-order valence-electron chi connectivity index (χ0n) is 13.0. The molecule has 0 spiro atoms. The summed E-state index contributed by atoms with van der Waals surface area (Å²) in [6.45, 7) is 3.66. The van der Waals surface area contributed by atoms with Gasteiger partial charge in [0.2, 0.25) is 0 Å². The molecular weight excluding hydrogens is 343 g/mol. The Kier molecular flexibility index (Phi) is 5.08. The van der Waals surface area contributed by atoms with Crippen LogP contribution in [0.15, 0.2) is 53.4 Å². The molecule has 0 aliphatic rings. The number of halogens is 3. The lowest BCUT2D eigenvalue weighted by molar-refractivity contribution is -0.274. The number of nitrogens with zero attached hydrogens (tertiary/aromatic N) is 1. The average molecular weight is 359 g/mol. The highest BCUT2D eigenvalue weighted by Gasteiger charge is 2.31. The predicted molar refractivity (Wildman–Crippen MR) is 84.5 cm³/mol. The first-order valence-electron chi connectivity index (χ1n) is 7.09. The molecule has 0 radical (unpaired) electrons. The summed E-state index contributed by atoms with van der Waals surface area (Å²) in [5, 5.41) is 0. The second-order valence-corrected chi connectivity index (χ2v) is 6.84. The van der Waals surface area contributed by atoms with Crippen LogP contribution in [0.5, 0.6) is 5.75 Å². The first kappa shape index (κ1) is 18.1. The topological polar surface area (TPSA) is 46.6 Å². The summed E-state index contributed by atoms with van der Waals surface area (Å²) in [7, 11) is -3.89. The Labute approximate surface area is 138 Å². The monoisotopic (exact) mass is 359 g/mol. The molecule has 0 atom stereocenters. The van der Waals surface area contributed by atoms with E-state index in [1.807, 2.05) is 0 Å². The first-order valence-corrected chi connectivity index (χ1v) is 8.53. The van der Waals surface area contributed by atoms with Crippen LogP contribution in [0.4, 0.5) is 18.9 Å². The second kappa shape index (κ2) is 6.72. The van der Waals surface area contributed by atoms with Crippen LogP contribution in [-0.4, -0.2) is 21.3 Å². The van der Waals surface area contributed by atoms with Crippen LogP contribution in [0.25, 0.3) is 0 Å². The standard InChI is InChI=1S/C16H16F3NO3S/c1-3-20(15-7-5-4-6-12(15)2)24(21,22)14-10-8-13(9-11-14)23-16(17,18)19/h4-11H,3H2,1-2H3. The van der Waals surface area contributed by atoms with Gasteiger partial charge in [0.05, 0.1) is 10.6 Å². The molecule has 0 fully saturated rings. The lowest BCUT2D eigenvalue weighted by Gasteiger charge is -2.24. The number of alkyl halides is 3. The summed E-state index contributed by atoms with van der Waals surface area (Å²) >= 11 is 0. The van der Waals surface area contributed by atoms with E-state index in [2.05, 4.69) is 4.74 Å².